The van der Waals surface area contributed by atoms with Crippen LogP contribution >= 0.6 is 0 Å². The van der Waals surface area contributed by atoms with Gasteiger partial charge in [0.25, 0.3) is 0 Å². The molecule has 0 aromatic heterocycles. The smallest absolute Gasteiger partial charge is 0.303 e. The maximum absolute atomic E-state index is 12.3. The van der Waals surface area contributed by atoms with Gasteiger partial charge in [-0.15, -0.1) is 0 Å². The van der Waals surface area contributed by atoms with Crippen LogP contribution in [0.25, 0.3) is 0 Å². The Morgan fingerprint density at radius 3 is 2.67 bits per heavy atom. The molecule has 21 heavy (non-hydrogen) atoms. The van der Waals surface area contributed by atoms with E-state index in [-0.39, 0.29) is 24.4 Å². The third kappa shape index (κ3) is 4.86. The molecule has 1 amide bonds. The van der Waals surface area contributed by atoms with Crippen LogP contribution in [0.1, 0.15) is 43.7 Å². The molecular weight excluding hydrogens is 268 g/mol. The van der Waals surface area contributed by atoms with E-state index in [0.29, 0.717) is 6.42 Å². The van der Waals surface area contributed by atoms with Crippen molar-refractivity contribution in [2.75, 3.05) is 6.54 Å². The zero-order chi connectivity index (χ0) is 15.1. The molecule has 0 saturated carbocycles. The molecule has 0 spiro atoms. The van der Waals surface area contributed by atoms with Crippen LogP contribution in [0.2, 0.25) is 0 Å². The number of carboxylic acid groups (broad SMARTS) is 1. The molecule has 1 unspecified atom stereocenters. The molecule has 2 rings (SSSR count). The number of nitrogens with one attached hydrogen (secondary N) is 2. The molecule has 1 aliphatic rings. The van der Waals surface area contributed by atoms with E-state index in [9.17, 15) is 9.59 Å². The Bertz CT molecular complexity index is 470. The van der Waals surface area contributed by atoms with Crippen molar-refractivity contribution in [3.8, 4) is 0 Å². The molecule has 0 bridgehead atoms. The van der Waals surface area contributed by atoms with E-state index >= 15 is 0 Å². The third-order valence-corrected chi connectivity index (χ3v) is 3.79. The summed E-state index contributed by atoms with van der Waals surface area (Å²) in [7, 11) is 0. The number of hydrogen-bond donors (Lipinski definition) is 3. The molecule has 5 nitrogen and oxygen atoms in total. The van der Waals surface area contributed by atoms with Gasteiger partial charge in [0.05, 0.1) is 12.1 Å². The minimum absolute atomic E-state index is 0.0334. The van der Waals surface area contributed by atoms with Crippen molar-refractivity contribution in [2.24, 2.45) is 0 Å². The summed E-state index contributed by atoms with van der Waals surface area (Å²) in [6.07, 6.45) is 3.43. The van der Waals surface area contributed by atoms with E-state index in [2.05, 4.69) is 10.6 Å². The van der Waals surface area contributed by atoms with Gasteiger partial charge in [-0.2, -0.15) is 0 Å². The van der Waals surface area contributed by atoms with Gasteiger partial charge in [0.15, 0.2) is 0 Å². The molecule has 0 aliphatic carbocycles. The monoisotopic (exact) mass is 290 g/mol. The van der Waals surface area contributed by atoms with Crippen molar-refractivity contribution in [3.63, 3.8) is 0 Å². The molecule has 2 atom stereocenters. The number of amides is 1. The number of piperidine rings is 1. The van der Waals surface area contributed by atoms with Crippen LogP contribution in [0, 0.1) is 0 Å². The predicted octanol–water partition coefficient (Wildman–Crippen LogP) is 1.85. The minimum Gasteiger partial charge on any atom is -0.481 e. The molecule has 1 heterocycles. The van der Waals surface area contributed by atoms with Crippen LogP contribution in [0.3, 0.4) is 0 Å². The summed E-state index contributed by atoms with van der Waals surface area (Å²) in [5.74, 6) is -0.880. The lowest BCUT2D eigenvalue weighted by Crippen LogP contribution is -2.47. The topological polar surface area (TPSA) is 78.4 Å². The average molecular weight is 290 g/mol. The number of carbonyl (C=O) groups excluding carboxylic acids is 1. The van der Waals surface area contributed by atoms with Crippen molar-refractivity contribution in [2.45, 2.75) is 44.2 Å². The van der Waals surface area contributed by atoms with Crippen LogP contribution in [0.15, 0.2) is 30.3 Å². The quantitative estimate of drug-likeness (QED) is 0.747. The molecule has 5 heteroatoms. The van der Waals surface area contributed by atoms with E-state index in [1.807, 2.05) is 30.3 Å². The summed E-state index contributed by atoms with van der Waals surface area (Å²) >= 11 is 0. The molecule has 1 aliphatic heterocycles. The second kappa shape index (κ2) is 7.78. The standard InChI is InChI=1S/C16H22N2O3/c19-15(20)10-9-13(12-6-2-1-3-7-12)18-16(21)14-8-4-5-11-17-14/h1-3,6-7,13-14,17H,4-5,8-11H2,(H,18,21)(H,19,20)/t13?,14-/m0/s1. The van der Waals surface area contributed by atoms with Gasteiger partial charge in [0.2, 0.25) is 5.91 Å². The molecule has 114 valence electrons. The maximum atomic E-state index is 12.3. The highest BCUT2D eigenvalue weighted by Gasteiger charge is 2.23. The van der Waals surface area contributed by atoms with Crippen LogP contribution in [-0.4, -0.2) is 29.6 Å². The Labute approximate surface area is 124 Å². The fourth-order valence-corrected chi connectivity index (χ4v) is 2.62. The molecule has 1 aromatic rings. The normalized spacial score (nSPS) is 19.7. The van der Waals surface area contributed by atoms with Crippen molar-refractivity contribution >= 4 is 11.9 Å². The van der Waals surface area contributed by atoms with Crippen molar-refractivity contribution in [1.82, 2.24) is 10.6 Å². The summed E-state index contributed by atoms with van der Waals surface area (Å²) < 4.78 is 0. The molecule has 0 radical (unpaired) electrons. The lowest BCUT2D eigenvalue weighted by molar-refractivity contribution is -0.137. The Hall–Kier alpha value is -1.88. The second-order valence-corrected chi connectivity index (χ2v) is 5.41. The molecule has 3 N–H and O–H groups in total. The Morgan fingerprint density at radius 1 is 1.29 bits per heavy atom. The number of aliphatic carboxylic acids is 1. The lowest BCUT2D eigenvalue weighted by atomic mass is 9.99. The van der Waals surface area contributed by atoms with Gasteiger partial charge in [0, 0.05) is 6.42 Å². The fraction of sp³-hybridized carbons (Fsp3) is 0.500. The summed E-state index contributed by atoms with van der Waals surface area (Å²) in [4.78, 5) is 23.1. The van der Waals surface area contributed by atoms with E-state index < -0.39 is 5.97 Å². The average Bonchev–Trinajstić information content (AvgIpc) is 2.52. The summed E-state index contributed by atoms with van der Waals surface area (Å²) in [6, 6.07) is 9.13. The van der Waals surface area contributed by atoms with E-state index in [4.69, 9.17) is 5.11 Å². The van der Waals surface area contributed by atoms with Crippen molar-refractivity contribution in [1.29, 1.82) is 0 Å². The number of carbonyl (C=O) groups is 2. The van der Waals surface area contributed by atoms with Crippen LogP contribution in [-0.2, 0) is 9.59 Å². The maximum Gasteiger partial charge on any atom is 0.303 e. The van der Waals surface area contributed by atoms with E-state index in [1.165, 1.54) is 0 Å². The highest BCUT2D eigenvalue weighted by molar-refractivity contribution is 5.82. The first-order chi connectivity index (χ1) is 10.2. The third-order valence-electron chi connectivity index (χ3n) is 3.79. The summed E-state index contributed by atoms with van der Waals surface area (Å²) in [6.45, 7) is 0.864. The number of carboxylic acids is 1. The van der Waals surface area contributed by atoms with Gasteiger partial charge >= 0.3 is 5.97 Å². The van der Waals surface area contributed by atoms with Gasteiger partial charge in [-0.25, -0.2) is 0 Å². The number of benzene rings is 1. The highest BCUT2D eigenvalue weighted by atomic mass is 16.4. The largest absolute Gasteiger partial charge is 0.481 e. The van der Waals surface area contributed by atoms with Gasteiger partial charge in [0.1, 0.15) is 0 Å². The Morgan fingerprint density at radius 2 is 2.05 bits per heavy atom. The first kappa shape index (κ1) is 15.5. The minimum atomic E-state index is -0.846. The van der Waals surface area contributed by atoms with Crippen LogP contribution in [0.5, 0.6) is 0 Å². The van der Waals surface area contributed by atoms with E-state index in [0.717, 1.165) is 31.4 Å². The van der Waals surface area contributed by atoms with Crippen LogP contribution < -0.4 is 10.6 Å². The molecule has 1 aromatic carbocycles. The molecule has 1 saturated heterocycles. The van der Waals surface area contributed by atoms with Gasteiger partial charge < -0.3 is 15.7 Å². The zero-order valence-corrected chi connectivity index (χ0v) is 12.0. The Kier molecular flexibility index (Phi) is 5.75. The van der Waals surface area contributed by atoms with Crippen molar-refractivity contribution < 1.29 is 14.7 Å². The summed E-state index contributed by atoms with van der Waals surface area (Å²) in [5, 5.41) is 15.1. The fourth-order valence-electron chi connectivity index (χ4n) is 2.62. The summed E-state index contributed by atoms with van der Waals surface area (Å²) in [5.41, 5.74) is 0.947. The second-order valence-electron chi connectivity index (χ2n) is 5.41. The van der Waals surface area contributed by atoms with Crippen LogP contribution in [0.4, 0.5) is 0 Å². The van der Waals surface area contributed by atoms with Gasteiger partial charge in [-0.3, -0.25) is 9.59 Å². The molecule has 1 fully saturated rings. The zero-order valence-electron chi connectivity index (χ0n) is 12.0. The van der Waals surface area contributed by atoms with Gasteiger partial charge in [-0.05, 0) is 31.4 Å². The first-order valence-corrected chi connectivity index (χ1v) is 7.47. The predicted molar refractivity (Wildman–Crippen MR) is 79.8 cm³/mol. The number of hydrogen-bond acceptors (Lipinski definition) is 3. The highest BCUT2D eigenvalue weighted by Crippen LogP contribution is 2.19. The first-order valence-electron chi connectivity index (χ1n) is 7.47. The lowest BCUT2D eigenvalue weighted by Gasteiger charge is -2.26. The van der Waals surface area contributed by atoms with E-state index in [1.54, 1.807) is 0 Å². The number of rotatable bonds is 6. The van der Waals surface area contributed by atoms with Gasteiger partial charge in [-0.1, -0.05) is 36.8 Å². The van der Waals surface area contributed by atoms with Crippen molar-refractivity contribution in [3.05, 3.63) is 35.9 Å². The molecular formula is C16H22N2O3. The SMILES string of the molecule is O=C(O)CCC(NC(=O)[C@@H]1CCCCN1)c1ccccc1. The Balaban J connectivity index is 2.00.